The summed E-state index contributed by atoms with van der Waals surface area (Å²) in [4.78, 5) is 12.7. The van der Waals surface area contributed by atoms with E-state index in [9.17, 15) is 13.2 Å². The number of amides is 1. The number of sulfonamides is 1. The van der Waals surface area contributed by atoms with Gasteiger partial charge in [-0.3, -0.25) is 9.10 Å². The van der Waals surface area contributed by atoms with E-state index in [0.29, 0.717) is 11.5 Å². The molecule has 0 aromatic heterocycles. The molecule has 7 nitrogen and oxygen atoms in total. The quantitative estimate of drug-likeness (QED) is 0.718. The summed E-state index contributed by atoms with van der Waals surface area (Å²) in [6, 6.07) is 10.6. The third-order valence-electron chi connectivity index (χ3n) is 4.26. The van der Waals surface area contributed by atoms with Gasteiger partial charge in [0.1, 0.15) is 18.8 Å². The highest BCUT2D eigenvalue weighted by Crippen LogP contribution is 2.31. The Kier molecular flexibility index (Phi) is 6.45. The number of fused-ring (bicyclic) bond motifs is 1. The number of rotatable bonds is 6. The Hall–Kier alpha value is -2.16. The number of ether oxygens (including phenoxy) is 2. The Labute approximate surface area is 179 Å². The van der Waals surface area contributed by atoms with Crippen LogP contribution in [0.3, 0.4) is 0 Å². The van der Waals surface area contributed by atoms with E-state index in [1.165, 1.54) is 25.1 Å². The fraction of sp³-hybridized carbons (Fsp3) is 0.316. The topological polar surface area (TPSA) is 84.9 Å². The van der Waals surface area contributed by atoms with Crippen molar-refractivity contribution in [3.05, 3.63) is 52.5 Å². The minimum atomic E-state index is -3.78. The standard InChI is InChI=1S/C19H20Cl2N2O5S/c1-12(23(29(2,25)26)15-8-13(20)7-14(21)9-15)19(24)22-10-16-11-27-17-5-3-4-6-18(17)28-16/h3-9,12,16H,10-11H2,1-2H3,(H,22,24)/t12-,16-/m1/s1. The molecule has 0 radical (unpaired) electrons. The minimum absolute atomic E-state index is 0.158. The third kappa shape index (κ3) is 5.26. The van der Waals surface area contributed by atoms with Crippen LogP contribution < -0.4 is 19.1 Å². The zero-order valence-corrected chi connectivity index (χ0v) is 18.1. The van der Waals surface area contributed by atoms with E-state index in [4.69, 9.17) is 32.7 Å². The molecule has 0 saturated carbocycles. The van der Waals surface area contributed by atoms with Gasteiger partial charge in [-0.15, -0.1) is 0 Å². The van der Waals surface area contributed by atoms with Gasteiger partial charge in [-0.05, 0) is 37.3 Å². The summed E-state index contributed by atoms with van der Waals surface area (Å²) in [6.45, 7) is 1.91. The smallest absolute Gasteiger partial charge is 0.243 e. The van der Waals surface area contributed by atoms with E-state index in [1.807, 2.05) is 12.1 Å². The van der Waals surface area contributed by atoms with Crippen molar-refractivity contribution in [3.63, 3.8) is 0 Å². The van der Waals surface area contributed by atoms with Crippen LogP contribution in [-0.2, 0) is 14.8 Å². The number of anilines is 1. The van der Waals surface area contributed by atoms with Gasteiger partial charge in [0.15, 0.2) is 11.5 Å². The average Bonchev–Trinajstić information content (AvgIpc) is 2.64. The molecular formula is C19H20Cl2N2O5S. The molecule has 0 bridgehead atoms. The van der Waals surface area contributed by atoms with Gasteiger partial charge in [0.05, 0.1) is 18.5 Å². The molecule has 2 aromatic carbocycles. The molecule has 0 fully saturated rings. The largest absolute Gasteiger partial charge is 0.486 e. The van der Waals surface area contributed by atoms with Gasteiger partial charge < -0.3 is 14.8 Å². The van der Waals surface area contributed by atoms with Gasteiger partial charge in [-0.2, -0.15) is 0 Å². The molecule has 0 spiro atoms. The number of carbonyl (C=O) groups is 1. The number of hydrogen-bond donors (Lipinski definition) is 1. The Balaban J connectivity index is 1.70. The highest BCUT2D eigenvalue weighted by atomic mass is 35.5. The highest BCUT2D eigenvalue weighted by Gasteiger charge is 2.30. The first-order valence-corrected chi connectivity index (χ1v) is 11.4. The molecular weight excluding hydrogens is 439 g/mol. The molecule has 2 atom stereocenters. The van der Waals surface area contributed by atoms with Crippen molar-refractivity contribution in [2.75, 3.05) is 23.7 Å². The second kappa shape index (κ2) is 8.69. The first kappa shape index (κ1) is 21.5. The summed E-state index contributed by atoms with van der Waals surface area (Å²) in [7, 11) is -3.78. The molecule has 1 amide bonds. The van der Waals surface area contributed by atoms with E-state index in [2.05, 4.69) is 5.32 Å². The van der Waals surface area contributed by atoms with E-state index < -0.39 is 28.1 Å². The predicted molar refractivity (Wildman–Crippen MR) is 113 cm³/mol. The fourth-order valence-corrected chi connectivity index (χ4v) is 4.67. The number of hydrogen-bond acceptors (Lipinski definition) is 5. The van der Waals surface area contributed by atoms with Crippen molar-refractivity contribution in [2.24, 2.45) is 0 Å². The molecule has 0 unspecified atom stereocenters. The van der Waals surface area contributed by atoms with Gasteiger partial charge in [0.25, 0.3) is 0 Å². The summed E-state index contributed by atoms with van der Waals surface area (Å²) in [5, 5.41) is 3.25. The molecule has 1 aliphatic rings. The predicted octanol–water partition coefficient (Wildman–Crippen LogP) is 3.10. The van der Waals surface area contributed by atoms with Crippen LogP contribution in [0.5, 0.6) is 11.5 Å². The van der Waals surface area contributed by atoms with Gasteiger partial charge >= 0.3 is 0 Å². The maximum absolute atomic E-state index is 12.7. The molecule has 1 aliphatic heterocycles. The minimum Gasteiger partial charge on any atom is -0.486 e. The maximum atomic E-state index is 12.7. The van der Waals surface area contributed by atoms with Crippen LogP contribution in [0.25, 0.3) is 0 Å². The normalized spacial score (nSPS) is 16.8. The molecule has 10 heteroatoms. The second-order valence-electron chi connectivity index (χ2n) is 6.61. The van der Waals surface area contributed by atoms with Crippen LogP contribution in [0.4, 0.5) is 5.69 Å². The Bertz CT molecular complexity index is 995. The number of nitrogens with zero attached hydrogens (tertiary/aromatic N) is 1. The number of carbonyl (C=O) groups excluding carboxylic acids is 1. The van der Waals surface area contributed by atoms with Gasteiger partial charge in [-0.1, -0.05) is 35.3 Å². The van der Waals surface area contributed by atoms with Crippen LogP contribution in [0.2, 0.25) is 10.0 Å². The molecule has 3 rings (SSSR count). The summed E-state index contributed by atoms with van der Waals surface area (Å²) < 4.78 is 37.1. The molecule has 1 N–H and O–H groups in total. The third-order valence-corrected chi connectivity index (χ3v) is 5.94. The van der Waals surface area contributed by atoms with E-state index >= 15 is 0 Å². The Morgan fingerprint density at radius 2 is 1.83 bits per heavy atom. The van der Waals surface area contributed by atoms with Crippen LogP contribution in [0, 0.1) is 0 Å². The first-order chi connectivity index (χ1) is 13.6. The van der Waals surface area contributed by atoms with Gasteiger partial charge in [0, 0.05) is 10.0 Å². The molecule has 2 aromatic rings. The maximum Gasteiger partial charge on any atom is 0.243 e. The number of para-hydroxylation sites is 2. The zero-order valence-electron chi connectivity index (χ0n) is 15.8. The lowest BCUT2D eigenvalue weighted by atomic mass is 10.2. The van der Waals surface area contributed by atoms with Gasteiger partial charge in [0.2, 0.25) is 15.9 Å². The van der Waals surface area contributed by atoms with Crippen molar-refractivity contribution < 1.29 is 22.7 Å². The molecule has 29 heavy (non-hydrogen) atoms. The lowest BCUT2D eigenvalue weighted by Crippen LogP contribution is -2.50. The van der Waals surface area contributed by atoms with Crippen molar-refractivity contribution in [2.45, 2.75) is 19.1 Å². The van der Waals surface area contributed by atoms with Crippen LogP contribution in [0.15, 0.2) is 42.5 Å². The molecule has 0 saturated heterocycles. The van der Waals surface area contributed by atoms with E-state index in [0.717, 1.165) is 10.6 Å². The van der Waals surface area contributed by atoms with Crippen molar-refractivity contribution in [1.82, 2.24) is 5.32 Å². The monoisotopic (exact) mass is 458 g/mol. The summed E-state index contributed by atoms with van der Waals surface area (Å²) >= 11 is 12.0. The summed E-state index contributed by atoms with van der Waals surface area (Å²) in [5.41, 5.74) is 0.207. The van der Waals surface area contributed by atoms with Crippen molar-refractivity contribution in [1.29, 1.82) is 0 Å². The van der Waals surface area contributed by atoms with Gasteiger partial charge in [-0.25, -0.2) is 8.42 Å². The second-order valence-corrected chi connectivity index (χ2v) is 9.34. The Morgan fingerprint density at radius 3 is 2.45 bits per heavy atom. The fourth-order valence-electron chi connectivity index (χ4n) is 3.00. The highest BCUT2D eigenvalue weighted by molar-refractivity contribution is 7.92. The van der Waals surface area contributed by atoms with E-state index in [-0.39, 0.29) is 28.9 Å². The Morgan fingerprint density at radius 1 is 1.21 bits per heavy atom. The summed E-state index contributed by atoms with van der Waals surface area (Å²) in [5.74, 6) is 0.746. The number of halogens is 2. The lowest BCUT2D eigenvalue weighted by Gasteiger charge is -2.30. The SMILES string of the molecule is C[C@H](C(=O)NC[C@@H]1COc2ccccc2O1)N(c1cc(Cl)cc(Cl)c1)S(C)(=O)=O. The lowest BCUT2D eigenvalue weighted by molar-refractivity contribution is -0.122. The van der Waals surface area contributed by atoms with Crippen molar-refractivity contribution >= 4 is 44.8 Å². The van der Waals surface area contributed by atoms with E-state index in [1.54, 1.807) is 12.1 Å². The molecule has 0 aliphatic carbocycles. The zero-order chi connectivity index (χ0) is 21.2. The van der Waals surface area contributed by atoms with Crippen LogP contribution in [0.1, 0.15) is 6.92 Å². The number of benzene rings is 2. The van der Waals surface area contributed by atoms with Crippen molar-refractivity contribution in [3.8, 4) is 11.5 Å². The first-order valence-electron chi connectivity index (χ1n) is 8.77. The molecule has 1 heterocycles. The van der Waals surface area contributed by atoms with Crippen LogP contribution >= 0.6 is 23.2 Å². The summed E-state index contributed by atoms with van der Waals surface area (Å²) in [6.07, 6.45) is 0.619. The average molecular weight is 459 g/mol. The molecule has 156 valence electrons. The number of nitrogens with one attached hydrogen (secondary N) is 1. The van der Waals surface area contributed by atoms with Crippen LogP contribution in [-0.4, -0.2) is 45.9 Å².